The lowest BCUT2D eigenvalue weighted by atomic mass is 10.0. The van der Waals surface area contributed by atoms with Crippen molar-refractivity contribution in [3.05, 3.63) is 94.9 Å². The van der Waals surface area contributed by atoms with Gasteiger partial charge in [-0.05, 0) is 47.9 Å². The van der Waals surface area contributed by atoms with Crippen LogP contribution in [0.5, 0.6) is 0 Å². The van der Waals surface area contributed by atoms with Gasteiger partial charge in [-0.1, -0.05) is 36.4 Å². The number of rotatable bonds is 5. The lowest BCUT2D eigenvalue weighted by molar-refractivity contribution is -0.117. The first-order chi connectivity index (χ1) is 14.0. The van der Waals surface area contributed by atoms with E-state index in [1.165, 1.54) is 12.1 Å². The molecule has 0 bridgehead atoms. The third-order valence-corrected chi connectivity index (χ3v) is 5.04. The standard InChI is InChI=1S/C23H20FN3O2/c1-15-6-11-21(25-13-15)26-22(28)12-20(16-7-9-18(24)10-8-16)27-14-17-4-2-3-5-19(17)23(27)29/h2-11,13,20H,12,14H2,1H3,(H,25,26,28)/t20-/m0/s1. The fourth-order valence-electron chi connectivity index (χ4n) is 3.53. The van der Waals surface area contributed by atoms with Crippen molar-refractivity contribution >= 4 is 17.6 Å². The van der Waals surface area contributed by atoms with Crippen molar-refractivity contribution < 1.29 is 14.0 Å². The highest BCUT2D eigenvalue weighted by Crippen LogP contribution is 2.33. The van der Waals surface area contributed by atoms with E-state index < -0.39 is 6.04 Å². The van der Waals surface area contributed by atoms with Crippen LogP contribution in [-0.4, -0.2) is 21.7 Å². The number of carbonyl (C=O) groups is 2. The summed E-state index contributed by atoms with van der Waals surface area (Å²) in [7, 11) is 0. The molecular formula is C23H20FN3O2. The lowest BCUT2D eigenvalue weighted by Crippen LogP contribution is -2.32. The molecule has 0 spiro atoms. The SMILES string of the molecule is Cc1ccc(NC(=O)C[C@@H](c2ccc(F)cc2)N2Cc3ccccc3C2=O)nc1. The summed E-state index contributed by atoms with van der Waals surface area (Å²) in [6.07, 6.45) is 1.72. The number of benzene rings is 2. The van der Waals surface area contributed by atoms with Gasteiger partial charge in [-0.25, -0.2) is 9.37 Å². The summed E-state index contributed by atoms with van der Waals surface area (Å²) in [6.45, 7) is 2.33. The Labute approximate surface area is 168 Å². The first-order valence-electron chi connectivity index (χ1n) is 9.38. The van der Waals surface area contributed by atoms with Gasteiger partial charge in [0, 0.05) is 18.3 Å². The molecule has 0 fully saturated rings. The Morgan fingerprint density at radius 2 is 1.90 bits per heavy atom. The number of anilines is 1. The molecule has 1 aliphatic rings. The summed E-state index contributed by atoms with van der Waals surface area (Å²) in [5.74, 6) is -0.304. The van der Waals surface area contributed by atoms with Crippen LogP contribution in [0.25, 0.3) is 0 Å². The zero-order chi connectivity index (χ0) is 20.4. The summed E-state index contributed by atoms with van der Waals surface area (Å²) < 4.78 is 13.4. The van der Waals surface area contributed by atoms with Crippen LogP contribution in [0.1, 0.15) is 39.5 Å². The van der Waals surface area contributed by atoms with Crippen molar-refractivity contribution in [1.29, 1.82) is 0 Å². The average molecular weight is 389 g/mol. The number of pyridine rings is 1. The van der Waals surface area contributed by atoms with Crippen molar-refractivity contribution in [3.8, 4) is 0 Å². The van der Waals surface area contributed by atoms with Crippen LogP contribution in [0.4, 0.5) is 10.2 Å². The predicted octanol–water partition coefficient (Wildman–Crippen LogP) is 4.26. The van der Waals surface area contributed by atoms with Crippen molar-refractivity contribution in [1.82, 2.24) is 9.88 Å². The Hall–Kier alpha value is -3.54. The maximum atomic E-state index is 13.4. The highest BCUT2D eigenvalue weighted by molar-refractivity contribution is 5.99. The molecule has 1 N–H and O–H groups in total. The van der Waals surface area contributed by atoms with Gasteiger partial charge < -0.3 is 10.2 Å². The second-order valence-electron chi connectivity index (χ2n) is 7.13. The normalized spacial score (nSPS) is 13.9. The lowest BCUT2D eigenvalue weighted by Gasteiger charge is -2.28. The van der Waals surface area contributed by atoms with Crippen LogP contribution in [0, 0.1) is 12.7 Å². The number of amides is 2. The number of carbonyl (C=O) groups excluding carboxylic acids is 2. The molecule has 0 aliphatic carbocycles. The van der Waals surface area contributed by atoms with Crippen LogP contribution in [0.2, 0.25) is 0 Å². The van der Waals surface area contributed by atoms with Gasteiger partial charge in [0.15, 0.2) is 0 Å². The van der Waals surface area contributed by atoms with Crippen molar-refractivity contribution in [3.63, 3.8) is 0 Å². The number of hydrogen-bond acceptors (Lipinski definition) is 3. The molecule has 4 rings (SSSR count). The van der Waals surface area contributed by atoms with Gasteiger partial charge in [-0.2, -0.15) is 0 Å². The van der Waals surface area contributed by atoms with E-state index >= 15 is 0 Å². The maximum absolute atomic E-state index is 13.4. The third kappa shape index (κ3) is 4.01. The molecule has 0 unspecified atom stereocenters. The van der Waals surface area contributed by atoms with Gasteiger partial charge in [0.05, 0.1) is 12.5 Å². The molecular weight excluding hydrogens is 369 g/mol. The van der Waals surface area contributed by atoms with Gasteiger partial charge >= 0.3 is 0 Å². The minimum atomic E-state index is -0.513. The smallest absolute Gasteiger partial charge is 0.255 e. The first kappa shape index (κ1) is 18.8. The Kier molecular flexibility index (Phi) is 5.08. The average Bonchev–Trinajstić information content (AvgIpc) is 3.05. The molecule has 1 aliphatic heterocycles. The zero-order valence-corrected chi connectivity index (χ0v) is 15.9. The molecule has 1 atom stereocenters. The second-order valence-corrected chi connectivity index (χ2v) is 7.13. The monoisotopic (exact) mass is 389 g/mol. The summed E-state index contributed by atoms with van der Waals surface area (Å²) >= 11 is 0. The van der Waals surface area contributed by atoms with Gasteiger partial charge in [-0.15, -0.1) is 0 Å². The van der Waals surface area contributed by atoms with E-state index in [-0.39, 0.29) is 24.1 Å². The summed E-state index contributed by atoms with van der Waals surface area (Å²) in [5.41, 5.74) is 3.26. The Morgan fingerprint density at radius 3 is 2.59 bits per heavy atom. The minimum Gasteiger partial charge on any atom is -0.327 e. The van der Waals surface area contributed by atoms with E-state index in [4.69, 9.17) is 0 Å². The van der Waals surface area contributed by atoms with Gasteiger partial charge in [0.2, 0.25) is 5.91 Å². The van der Waals surface area contributed by atoms with Crippen molar-refractivity contribution in [2.24, 2.45) is 0 Å². The minimum absolute atomic E-state index is 0.0426. The van der Waals surface area contributed by atoms with Crippen molar-refractivity contribution in [2.75, 3.05) is 5.32 Å². The molecule has 5 nitrogen and oxygen atoms in total. The number of aromatic nitrogens is 1. The highest BCUT2D eigenvalue weighted by Gasteiger charge is 2.34. The molecule has 146 valence electrons. The molecule has 0 radical (unpaired) electrons. The topological polar surface area (TPSA) is 62.3 Å². The van der Waals surface area contributed by atoms with E-state index in [9.17, 15) is 14.0 Å². The molecule has 29 heavy (non-hydrogen) atoms. The molecule has 3 aromatic rings. The largest absolute Gasteiger partial charge is 0.327 e. The number of halogens is 1. The molecule has 6 heteroatoms. The predicted molar refractivity (Wildman–Crippen MR) is 108 cm³/mol. The number of fused-ring (bicyclic) bond motifs is 1. The van der Waals surface area contributed by atoms with Crippen LogP contribution >= 0.6 is 0 Å². The van der Waals surface area contributed by atoms with E-state index in [0.717, 1.165) is 11.1 Å². The Bertz CT molecular complexity index is 1050. The van der Waals surface area contributed by atoms with Crippen molar-refractivity contribution in [2.45, 2.75) is 25.9 Å². The van der Waals surface area contributed by atoms with E-state index in [1.807, 2.05) is 31.2 Å². The first-order valence-corrected chi connectivity index (χ1v) is 9.38. The fourth-order valence-corrected chi connectivity index (χ4v) is 3.53. The highest BCUT2D eigenvalue weighted by atomic mass is 19.1. The number of nitrogens with zero attached hydrogens (tertiary/aromatic N) is 2. The number of nitrogens with one attached hydrogen (secondary N) is 1. The molecule has 0 saturated carbocycles. The zero-order valence-electron chi connectivity index (χ0n) is 15.9. The second kappa shape index (κ2) is 7.83. The molecule has 2 amide bonds. The van der Waals surface area contributed by atoms with Crippen LogP contribution < -0.4 is 5.32 Å². The van der Waals surface area contributed by atoms with Crippen LogP contribution in [0.3, 0.4) is 0 Å². The number of aryl methyl sites for hydroxylation is 1. The van der Waals surface area contributed by atoms with Gasteiger partial charge in [0.25, 0.3) is 5.91 Å². The van der Waals surface area contributed by atoms with Crippen LogP contribution in [-0.2, 0) is 11.3 Å². The quantitative estimate of drug-likeness (QED) is 0.709. The summed E-state index contributed by atoms with van der Waals surface area (Å²) in [6, 6.07) is 16.4. The summed E-state index contributed by atoms with van der Waals surface area (Å²) in [5, 5.41) is 2.78. The van der Waals surface area contributed by atoms with Gasteiger partial charge in [-0.3, -0.25) is 9.59 Å². The van der Waals surface area contributed by atoms with E-state index in [0.29, 0.717) is 23.5 Å². The fraction of sp³-hybridized carbons (Fsp3) is 0.174. The van der Waals surface area contributed by atoms with E-state index in [1.54, 1.807) is 35.4 Å². The van der Waals surface area contributed by atoms with E-state index in [2.05, 4.69) is 10.3 Å². The maximum Gasteiger partial charge on any atom is 0.255 e. The summed E-state index contributed by atoms with van der Waals surface area (Å²) in [4.78, 5) is 31.5. The molecule has 1 aromatic heterocycles. The molecule has 2 aromatic carbocycles. The third-order valence-electron chi connectivity index (χ3n) is 5.04. The number of hydrogen-bond donors (Lipinski definition) is 1. The molecule has 0 saturated heterocycles. The van der Waals surface area contributed by atoms with Crippen LogP contribution in [0.15, 0.2) is 66.9 Å². The Morgan fingerprint density at radius 1 is 1.14 bits per heavy atom. The molecule has 2 heterocycles. The Balaban J connectivity index is 1.59. The van der Waals surface area contributed by atoms with Gasteiger partial charge in [0.1, 0.15) is 11.6 Å².